The van der Waals surface area contributed by atoms with Crippen molar-refractivity contribution in [1.82, 2.24) is 10.2 Å². The van der Waals surface area contributed by atoms with Gasteiger partial charge >= 0.3 is 6.18 Å². The Labute approximate surface area is 133 Å². The van der Waals surface area contributed by atoms with Crippen molar-refractivity contribution in [3.8, 4) is 0 Å². The molecule has 0 aromatic carbocycles. The maximum atomic E-state index is 12.8. The number of piperidine rings is 1. The molecule has 5 nitrogen and oxygen atoms in total. The van der Waals surface area contributed by atoms with Gasteiger partial charge < -0.3 is 11.1 Å². The zero-order valence-corrected chi connectivity index (χ0v) is 13.1. The number of rotatable bonds is 4. The number of carbonyl (C=O) groups excluding carboxylic acids is 2. The molecule has 0 spiro atoms. The summed E-state index contributed by atoms with van der Waals surface area (Å²) in [7, 11) is 0. The van der Waals surface area contributed by atoms with E-state index in [1.807, 2.05) is 4.90 Å². The minimum atomic E-state index is -4.22. The number of hydrogen-bond acceptors (Lipinski definition) is 3. The van der Waals surface area contributed by atoms with Crippen LogP contribution in [0.2, 0.25) is 0 Å². The third kappa shape index (κ3) is 5.37. The second kappa shape index (κ2) is 7.51. The highest BCUT2D eigenvalue weighted by atomic mass is 19.4. The Balaban J connectivity index is 1.85. The van der Waals surface area contributed by atoms with E-state index in [1.54, 1.807) is 0 Å². The van der Waals surface area contributed by atoms with Gasteiger partial charge in [0.25, 0.3) is 0 Å². The minimum absolute atomic E-state index is 0.114. The van der Waals surface area contributed by atoms with E-state index in [2.05, 4.69) is 5.32 Å². The molecule has 132 valence electrons. The normalized spacial score (nSPS) is 30.0. The van der Waals surface area contributed by atoms with Crippen LogP contribution in [0.1, 0.15) is 38.5 Å². The van der Waals surface area contributed by atoms with Crippen LogP contribution in [0.25, 0.3) is 0 Å². The van der Waals surface area contributed by atoms with Crippen molar-refractivity contribution in [3.63, 3.8) is 0 Å². The Bertz CT molecular complexity index is 442. The summed E-state index contributed by atoms with van der Waals surface area (Å²) in [6, 6.07) is -0.123. The maximum absolute atomic E-state index is 12.8. The molecule has 0 bridgehead atoms. The lowest BCUT2D eigenvalue weighted by Crippen LogP contribution is -2.51. The third-order valence-electron chi connectivity index (χ3n) is 4.74. The van der Waals surface area contributed by atoms with Gasteiger partial charge in [-0.05, 0) is 38.6 Å². The first-order chi connectivity index (χ1) is 10.8. The second-order valence-electron chi connectivity index (χ2n) is 6.65. The van der Waals surface area contributed by atoms with Gasteiger partial charge in [0, 0.05) is 18.5 Å². The predicted octanol–water partition coefficient (Wildman–Crippen LogP) is 1.42. The standard InChI is InChI=1S/C15H24F3N3O2/c16-15(17,18)11-4-1-3-10(7-11)14(23)20-12-5-2-6-21(8-12)9-13(19)22/h10-12H,1-9H2,(H2,19,22)(H,20,23). The monoisotopic (exact) mass is 335 g/mol. The summed E-state index contributed by atoms with van der Waals surface area (Å²) >= 11 is 0. The SMILES string of the molecule is NC(=O)CN1CCCC(NC(=O)C2CCCC(C(F)(F)F)C2)C1. The van der Waals surface area contributed by atoms with Gasteiger partial charge in [0.05, 0.1) is 12.5 Å². The van der Waals surface area contributed by atoms with Crippen LogP contribution in [-0.2, 0) is 9.59 Å². The molecule has 0 aromatic rings. The topological polar surface area (TPSA) is 75.4 Å². The van der Waals surface area contributed by atoms with Gasteiger partial charge in [0.2, 0.25) is 11.8 Å². The van der Waals surface area contributed by atoms with Gasteiger partial charge in [0.1, 0.15) is 0 Å². The van der Waals surface area contributed by atoms with E-state index in [0.717, 1.165) is 19.4 Å². The van der Waals surface area contributed by atoms with Crippen molar-refractivity contribution in [2.45, 2.75) is 50.7 Å². The minimum Gasteiger partial charge on any atom is -0.369 e. The van der Waals surface area contributed by atoms with Crippen LogP contribution in [0.5, 0.6) is 0 Å². The summed E-state index contributed by atoms with van der Waals surface area (Å²) in [6.07, 6.45) is -1.68. The number of carbonyl (C=O) groups is 2. The van der Waals surface area contributed by atoms with E-state index in [-0.39, 0.29) is 31.3 Å². The summed E-state index contributed by atoms with van der Waals surface area (Å²) in [5, 5.41) is 2.86. The zero-order chi connectivity index (χ0) is 17.0. The number of nitrogens with zero attached hydrogens (tertiary/aromatic N) is 1. The van der Waals surface area contributed by atoms with Crippen molar-refractivity contribution in [3.05, 3.63) is 0 Å². The predicted molar refractivity (Wildman–Crippen MR) is 78.3 cm³/mol. The molecule has 0 radical (unpaired) electrons. The first kappa shape index (κ1) is 18.0. The number of primary amides is 1. The molecule has 8 heteroatoms. The number of hydrogen-bond donors (Lipinski definition) is 2. The van der Waals surface area contributed by atoms with Crippen LogP contribution in [0.15, 0.2) is 0 Å². The fourth-order valence-electron chi connectivity index (χ4n) is 3.58. The van der Waals surface area contributed by atoms with E-state index < -0.39 is 23.9 Å². The molecule has 3 N–H and O–H groups in total. The van der Waals surface area contributed by atoms with Crippen molar-refractivity contribution < 1.29 is 22.8 Å². The quantitative estimate of drug-likeness (QED) is 0.816. The molecule has 23 heavy (non-hydrogen) atoms. The lowest BCUT2D eigenvalue weighted by Gasteiger charge is -2.34. The number of alkyl halides is 3. The number of amides is 2. The van der Waals surface area contributed by atoms with E-state index >= 15 is 0 Å². The van der Waals surface area contributed by atoms with Gasteiger partial charge in [-0.15, -0.1) is 0 Å². The van der Waals surface area contributed by atoms with Gasteiger partial charge in [-0.3, -0.25) is 14.5 Å². The van der Waals surface area contributed by atoms with Crippen molar-refractivity contribution >= 4 is 11.8 Å². The Morgan fingerprint density at radius 1 is 1.17 bits per heavy atom. The van der Waals surface area contributed by atoms with Crippen LogP contribution >= 0.6 is 0 Å². The zero-order valence-electron chi connectivity index (χ0n) is 13.1. The fraction of sp³-hybridized carbons (Fsp3) is 0.867. The molecule has 1 saturated heterocycles. The summed E-state index contributed by atoms with van der Waals surface area (Å²) < 4.78 is 38.5. The Hall–Kier alpha value is -1.31. The van der Waals surface area contributed by atoms with Crippen molar-refractivity contribution in [2.24, 2.45) is 17.6 Å². The lowest BCUT2D eigenvalue weighted by atomic mass is 9.80. The molecule has 2 amide bonds. The first-order valence-electron chi connectivity index (χ1n) is 8.13. The maximum Gasteiger partial charge on any atom is 0.391 e. The average molecular weight is 335 g/mol. The smallest absolute Gasteiger partial charge is 0.369 e. The van der Waals surface area contributed by atoms with Gasteiger partial charge in [-0.1, -0.05) is 6.42 Å². The summed E-state index contributed by atoms with van der Waals surface area (Å²) in [4.78, 5) is 25.1. The molecule has 0 aromatic heterocycles. The van der Waals surface area contributed by atoms with E-state index in [4.69, 9.17) is 5.73 Å². The Kier molecular flexibility index (Phi) is 5.89. The van der Waals surface area contributed by atoms with Gasteiger partial charge in [-0.2, -0.15) is 13.2 Å². The molecule has 1 saturated carbocycles. The molecule has 3 atom stereocenters. The van der Waals surface area contributed by atoms with Crippen molar-refractivity contribution in [2.75, 3.05) is 19.6 Å². The van der Waals surface area contributed by atoms with E-state index in [9.17, 15) is 22.8 Å². The van der Waals surface area contributed by atoms with Gasteiger partial charge in [0.15, 0.2) is 0 Å². The summed E-state index contributed by atoms with van der Waals surface area (Å²) in [5.41, 5.74) is 5.17. The summed E-state index contributed by atoms with van der Waals surface area (Å²) in [5.74, 6) is -2.64. The molecule has 1 aliphatic heterocycles. The average Bonchev–Trinajstić information content (AvgIpc) is 2.46. The van der Waals surface area contributed by atoms with Crippen molar-refractivity contribution in [1.29, 1.82) is 0 Å². The second-order valence-corrected chi connectivity index (χ2v) is 6.65. The molecule has 2 aliphatic rings. The van der Waals surface area contributed by atoms with E-state index in [0.29, 0.717) is 19.4 Å². The Morgan fingerprint density at radius 2 is 1.91 bits per heavy atom. The lowest BCUT2D eigenvalue weighted by molar-refractivity contribution is -0.186. The highest BCUT2D eigenvalue weighted by Gasteiger charge is 2.43. The third-order valence-corrected chi connectivity index (χ3v) is 4.74. The van der Waals surface area contributed by atoms with E-state index in [1.165, 1.54) is 0 Å². The molecule has 3 unspecified atom stereocenters. The molecule has 1 heterocycles. The molecular formula is C15H24F3N3O2. The molecular weight excluding hydrogens is 311 g/mol. The number of nitrogens with two attached hydrogens (primary N) is 1. The number of nitrogens with one attached hydrogen (secondary N) is 1. The highest BCUT2D eigenvalue weighted by molar-refractivity contribution is 5.79. The largest absolute Gasteiger partial charge is 0.391 e. The van der Waals surface area contributed by atoms with Crippen LogP contribution in [0.3, 0.4) is 0 Å². The first-order valence-corrected chi connectivity index (χ1v) is 8.13. The van der Waals surface area contributed by atoms with Gasteiger partial charge in [-0.25, -0.2) is 0 Å². The summed E-state index contributed by atoms with van der Waals surface area (Å²) in [6.45, 7) is 1.41. The fourth-order valence-corrected chi connectivity index (χ4v) is 3.58. The molecule has 1 aliphatic carbocycles. The van der Waals surface area contributed by atoms with Crippen LogP contribution < -0.4 is 11.1 Å². The van der Waals surface area contributed by atoms with Crippen LogP contribution in [-0.4, -0.2) is 48.6 Å². The number of likely N-dealkylation sites (tertiary alicyclic amines) is 1. The highest BCUT2D eigenvalue weighted by Crippen LogP contribution is 2.40. The molecule has 2 fully saturated rings. The van der Waals surface area contributed by atoms with Crippen LogP contribution in [0, 0.1) is 11.8 Å². The van der Waals surface area contributed by atoms with Crippen LogP contribution in [0.4, 0.5) is 13.2 Å². The number of halogens is 3. The molecule has 2 rings (SSSR count). The Morgan fingerprint density at radius 3 is 2.57 bits per heavy atom.